The number of aliphatic carboxylic acids is 1. The standard InChI is InChI=1S/C22H23NO3/c1-16(6-13-22(24)25)14-17-7-11-20(12-8-17)26-15-19-10-9-18-4-2-3-5-21(18)23-19/h2-5,7-12,16H,6,13-15H2,1H3,(H,24,25). The minimum absolute atomic E-state index is 0.223. The molecule has 2 aromatic carbocycles. The number of carboxylic acid groups (broad SMARTS) is 1. The van der Waals surface area contributed by atoms with E-state index in [-0.39, 0.29) is 6.42 Å². The smallest absolute Gasteiger partial charge is 0.303 e. The van der Waals surface area contributed by atoms with Crippen LogP contribution in [0.1, 0.15) is 31.0 Å². The van der Waals surface area contributed by atoms with Gasteiger partial charge in [0.05, 0.1) is 11.2 Å². The molecule has 4 nitrogen and oxygen atoms in total. The summed E-state index contributed by atoms with van der Waals surface area (Å²) >= 11 is 0. The zero-order valence-electron chi connectivity index (χ0n) is 14.9. The van der Waals surface area contributed by atoms with Gasteiger partial charge in [-0.25, -0.2) is 4.98 Å². The monoisotopic (exact) mass is 349 g/mol. The fourth-order valence-corrected chi connectivity index (χ4v) is 2.94. The molecule has 0 aliphatic heterocycles. The molecule has 0 bridgehead atoms. The van der Waals surface area contributed by atoms with E-state index in [0.29, 0.717) is 18.9 Å². The van der Waals surface area contributed by atoms with E-state index in [0.717, 1.165) is 28.8 Å². The van der Waals surface area contributed by atoms with E-state index in [1.807, 2.05) is 54.6 Å². The molecular formula is C22H23NO3. The minimum atomic E-state index is -0.733. The molecule has 0 saturated carbocycles. The molecule has 1 heterocycles. The van der Waals surface area contributed by atoms with Crippen LogP contribution in [0.5, 0.6) is 5.75 Å². The fourth-order valence-electron chi connectivity index (χ4n) is 2.94. The summed E-state index contributed by atoms with van der Waals surface area (Å²) in [5, 5.41) is 9.88. The van der Waals surface area contributed by atoms with E-state index in [9.17, 15) is 4.79 Å². The first-order valence-corrected chi connectivity index (χ1v) is 8.88. The predicted molar refractivity (Wildman–Crippen MR) is 102 cm³/mol. The first kappa shape index (κ1) is 17.9. The van der Waals surface area contributed by atoms with Crippen molar-refractivity contribution in [2.75, 3.05) is 0 Å². The van der Waals surface area contributed by atoms with Crippen LogP contribution < -0.4 is 4.74 Å². The lowest BCUT2D eigenvalue weighted by atomic mass is 9.97. The number of carboxylic acids is 1. The number of fused-ring (bicyclic) bond motifs is 1. The molecular weight excluding hydrogens is 326 g/mol. The van der Waals surface area contributed by atoms with E-state index in [1.165, 1.54) is 5.56 Å². The summed E-state index contributed by atoms with van der Waals surface area (Å²) in [6.45, 7) is 2.51. The van der Waals surface area contributed by atoms with Gasteiger partial charge in [-0.05, 0) is 48.6 Å². The molecule has 0 amide bonds. The summed E-state index contributed by atoms with van der Waals surface area (Å²) in [6.07, 6.45) is 1.79. The molecule has 1 atom stereocenters. The van der Waals surface area contributed by atoms with Crippen molar-refractivity contribution in [2.24, 2.45) is 5.92 Å². The number of para-hydroxylation sites is 1. The summed E-state index contributed by atoms with van der Waals surface area (Å²) in [5.41, 5.74) is 3.06. The van der Waals surface area contributed by atoms with Gasteiger partial charge in [-0.1, -0.05) is 43.3 Å². The van der Waals surface area contributed by atoms with E-state index in [2.05, 4.69) is 18.0 Å². The van der Waals surface area contributed by atoms with Gasteiger partial charge in [-0.15, -0.1) is 0 Å². The van der Waals surface area contributed by atoms with Crippen molar-refractivity contribution in [2.45, 2.75) is 32.8 Å². The third-order valence-electron chi connectivity index (χ3n) is 4.40. The number of hydrogen-bond acceptors (Lipinski definition) is 3. The highest BCUT2D eigenvalue weighted by molar-refractivity contribution is 5.78. The van der Waals surface area contributed by atoms with Gasteiger partial charge in [-0.2, -0.15) is 0 Å². The molecule has 0 radical (unpaired) electrons. The van der Waals surface area contributed by atoms with Crippen LogP contribution in [0.25, 0.3) is 10.9 Å². The van der Waals surface area contributed by atoms with E-state index in [4.69, 9.17) is 9.84 Å². The number of nitrogens with zero attached hydrogens (tertiary/aromatic N) is 1. The first-order chi connectivity index (χ1) is 12.6. The largest absolute Gasteiger partial charge is 0.487 e. The topological polar surface area (TPSA) is 59.4 Å². The molecule has 1 unspecified atom stereocenters. The number of pyridine rings is 1. The van der Waals surface area contributed by atoms with Crippen molar-refractivity contribution in [3.05, 3.63) is 71.9 Å². The number of carbonyl (C=O) groups is 1. The van der Waals surface area contributed by atoms with Gasteiger partial charge in [0.25, 0.3) is 0 Å². The van der Waals surface area contributed by atoms with Gasteiger partial charge in [0.2, 0.25) is 0 Å². The molecule has 0 fully saturated rings. The van der Waals surface area contributed by atoms with Gasteiger partial charge in [-0.3, -0.25) is 4.79 Å². The average Bonchev–Trinajstić information content (AvgIpc) is 2.65. The first-order valence-electron chi connectivity index (χ1n) is 8.88. The highest BCUT2D eigenvalue weighted by Gasteiger charge is 2.07. The Morgan fingerprint density at radius 3 is 2.62 bits per heavy atom. The molecule has 0 aliphatic carbocycles. The SMILES string of the molecule is CC(CCC(=O)O)Cc1ccc(OCc2ccc3ccccc3n2)cc1. The Kier molecular flexibility index (Phi) is 5.84. The third kappa shape index (κ3) is 5.06. The van der Waals surface area contributed by atoms with Gasteiger partial charge >= 0.3 is 5.97 Å². The minimum Gasteiger partial charge on any atom is -0.487 e. The zero-order valence-corrected chi connectivity index (χ0v) is 14.9. The highest BCUT2D eigenvalue weighted by Crippen LogP contribution is 2.19. The maximum atomic E-state index is 10.6. The number of rotatable bonds is 8. The maximum Gasteiger partial charge on any atom is 0.303 e. The second kappa shape index (κ2) is 8.48. The highest BCUT2D eigenvalue weighted by atomic mass is 16.5. The fraction of sp³-hybridized carbons (Fsp3) is 0.273. The summed E-state index contributed by atoms with van der Waals surface area (Å²) in [7, 11) is 0. The molecule has 4 heteroatoms. The normalized spacial score (nSPS) is 12.0. The Bertz CT molecular complexity index is 874. The van der Waals surface area contributed by atoms with Crippen molar-refractivity contribution in [1.29, 1.82) is 0 Å². The lowest BCUT2D eigenvalue weighted by molar-refractivity contribution is -0.137. The van der Waals surface area contributed by atoms with Gasteiger partial charge in [0, 0.05) is 11.8 Å². The number of benzene rings is 2. The van der Waals surface area contributed by atoms with Crippen LogP contribution in [-0.2, 0) is 17.8 Å². The van der Waals surface area contributed by atoms with Gasteiger partial charge < -0.3 is 9.84 Å². The van der Waals surface area contributed by atoms with Crippen LogP contribution in [0.4, 0.5) is 0 Å². The Morgan fingerprint density at radius 2 is 1.85 bits per heavy atom. The molecule has 0 spiro atoms. The molecule has 0 saturated heterocycles. The second-order valence-corrected chi connectivity index (χ2v) is 6.67. The Morgan fingerprint density at radius 1 is 1.08 bits per heavy atom. The van der Waals surface area contributed by atoms with Crippen LogP contribution in [-0.4, -0.2) is 16.1 Å². The zero-order chi connectivity index (χ0) is 18.4. The number of ether oxygens (including phenoxy) is 1. The molecule has 134 valence electrons. The lowest BCUT2D eigenvalue weighted by Crippen LogP contribution is -2.04. The quantitative estimate of drug-likeness (QED) is 0.631. The van der Waals surface area contributed by atoms with E-state index >= 15 is 0 Å². The third-order valence-corrected chi connectivity index (χ3v) is 4.40. The van der Waals surface area contributed by atoms with Crippen LogP contribution in [0.15, 0.2) is 60.7 Å². The van der Waals surface area contributed by atoms with Crippen LogP contribution in [0.2, 0.25) is 0 Å². The molecule has 3 aromatic rings. The Labute approximate surface area is 153 Å². The molecule has 0 aliphatic rings. The van der Waals surface area contributed by atoms with Gasteiger partial charge in [0.1, 0.15) is 12.4 Å². The number of hydrogen-bond donors (Lipinski definition) is 1. The molecule has 1 N–H and O–H groups in total. The average molecular weight is 349 g/mol. The summed E-state index contributed by atoms with van der Waals surface area (Å²) in [4.78, 5) is 15.2. The summed E-state index contributed by atoms with van der Waals surface area (Å²) in [6, 6.07) is 20.1. The van der Waals surface area contributed by atoms with Gasteiger partial charge in [0.15, 0.2) is 0 Å². The van der Waals surface area contributed by atoms with Crippen molar-refractivity contribution in [3.63, 3.8) is 0 Å². The maximum absolute atomic E-state index is 10.6. The summed E-state index contributed by atoms with van der Waals surface area (Å²) < 4.78 is 5.84. The predicted octanol–water partition coefficient (Wildman–Crippen LogP) is 4.86. The van der Waals surface area contributed by atoms with E-state index < -0.39 is 5.97 Å². The van der Waals surface area contributed by atoms with Crippen molar-refractivity contribution in [3.8, 4) is 5.75 Å². The Balaban J connectivity index is 1.54. The molecule has 26 heavy (non-hydrogen) atoms. The number of aromatic nitrogens is 1. The van der Waals surface area contributed by atoms with Crippen LogP contribution in [0.3, 0.4) is 0 Å². The Hall–Kier alpha value is -2.88. The van der Waals surface area contributed by atoms with Crippen molar-refractivity contribution >= 4 is 16.9 Å². The molecule has 3 rings (SSSR count). The second-order valence-electron chi connectivity index (χ2n) is 6.67. The van der Waals surface area contributed by atoms with Crippen molar-refractivity contribution < 1.29 is 14.6 Å². The lowest BCUT2D eigenvalue weighted by Gasteiger charge is -2.11. The van der Waals surface area contributed by atoms with E-state index in [1.54, 1.807) is 0 Å². The van der Waals surface area contributed by atoms with Crippen LogP contribution >= 0.6 is 0 Å². The van der Waals surface area contributed by atoms with Crippen LogP contribution in [0, 0.1) is 5.92 Å². The molecule has 1 aromatic heterocycles. The van der Waals surface area contributed by atoms with Crippen molar-refractivity contribution in [1.82, 2.24) is 4.98 Å². The summed E-state index contributed by atoms with van der Waals surface area (Å²) in [5.74, 6) is 0.421.